The fourth-order valence-corrected chi connectivity index (χ4v) is 5.59. The van der Waals surface area contributed by atoms with E-state index in [-0.39, 0.29) is 26.5 Å². The van der Waals surface area contributed by atoms with Gasteiger partial charge in [0.05, 0.1) is 20.6 Å². The number of amides is 1. The Bertz CT molecular complexity index is 1060. The second-order valence-electron chi connectivity index (χ2n) is 8.41. The van der Waals surface area contributed by atoms with Gasteiger partial charge in [0.2, 0.25) is 21.9 Å². The lowest BCUT2D eigenvalue weighted by Crippen LogP contribution is -2.50. The lowest BCUT2D eigenvalue weighted by molar-refractivity contribution is -0.134. The highest BCUT2D eigenvalue weighted by Crippen LogP contribution is 2.31. The molecule has 1 aliphatic rings. The molecule has 1 aromatic heterocycles. The Labute approximate surface area is 204 Å². The summed E-state index contributed by atoms with van der Waals surface area (Å²) < 4.78 is 30.6. The van der Waals surface area contributed by atoms with Crippen LogP contribution in [0.5, 0.6) is 0 Å². The topological polar surface area (TPSA) is 122 Å². The SMILES string of the molecule is CC1CCN(C(=O)[C@H](CCCNc2nccn2C)NS(=O)(=O)c2cc(Cl)c(N)c(Cl)c2)CC1. The summed E-state index contributed by atoms with van der Waals surface area (Å²) in [5, 5.41) is 3.26. The van der Waals surface area contributed by atoms with Crippen molar-refractivity contribution in [1.82, 2.24) is 19.2 Å². The van der Waals surface area contributed by atoms with Crippen LogP contribution in [0.4, 0.5) is 11.6 Å². The number of anilines is 2. The van der Waals surface area contributed by atoms with E-state index in [0.717, 1.165) is 12.8 Å². The number of nitrogen functional groups attached to an aromatic ring is 1. The number of aryl methyl sites for hydroxylation is 1. The molecule has 1 aliphatic heterocycles. The van der Waals surface area contributed by atoms with Crippen LogP contribution in [0.15, 0.2) is 29.4 Å². The van der Waals surface area contributed by atoms with Gasteiger partial charge >= 0.3 is 0 Å². The van der Waals surface area contributed by atoms with Crippen molar-refractivity contribution in [2.45, 2.75) is 43.5 Å². The maximum atomic E-state index is 13.3. The first-order valence-corrected chi connectivity index (χ1v) is 13.1. The molecular formula is C21H30Cl2N6O3S. The van der Waals surface area contributed by atoms with Crippen molar-refractivity contribution < 1.29 is 13.2 Å². The van der Waals surface area contributed by atoms with Gasteiger partial charge in [-0.15, -0.1) is 0 Å². The molecule has 182 valence electrons. The first-order chi connectivity index (χ1) is 15.6. The van der Waals surface area contributed by atoms with Crippen LogP contribution in [0.25, 0.3) is 0 Å². The third-order valence-electron chi connectivity index (χ3n) is 5.83. The van der Waals surface area contributed by atoms with Gasteiger partial charge in [0, 0.05) is 39.1 Å². The maximum Gasteiger partial charge on any atom is 0.241 e. The monoisotopic (exact) mass is 516 g/mol. The predicted molar refractivity (Wildman–Crippen MR) is 131 cm³/mol. The van der Waals surface area contributed by atoms with E-state index in [9.17, 15) is 13.2 Å². The van der Waals surface area contributed by atoms with E-state index in [1.165, 1.54) is 12.1 Å². The molecular weight excluding hydrogens is 487 g/mol. The number of carbonyl (C=O) groups is 1. The van der Waals surface area contributed by atoms with Crippen LogP contribution >= 0.6 is 23.2 Å². The first kappa shape index (κ1) is 25.6. The maximum absolute atomic E-state index is 13.3. The number of nitrogens with two attached hydrogens (primary N) is 1. The van der Waals surface area contributed by atoms with E-state index in [1.807, 2.05) is 17.8 Å². The standard InChI is InChI=1S/C21H30Cl2N6O3S/c1-14-5-9-29(10-6-14)20(30)18(4-3-7-25-21-26-8-11-28(21)2)27-33(31,32)15-12-16(22)19(24)17(23)13-15/h8,11-14,18,27H,3-7,9-10,24H2,1-2H3,(H,25,26)/t18-/m0/s1. The van der Waals surface area contributed by atoms with Crippen molar-refractivity contribution in [3.63, 3.8) is 0 Å². The number of halogens is 2. The molecule has 1 amide bonds. The Morgan fingerprint density at radius 3 is 2.48 bits per heavy atom. The van der Waals surface area contributed by atoms with Crippen LogP contribution in [0, 0.1) is 5.92 Å². The van der Waals surface area contributed by atoms with Gasteiger partial charge in [-0.1, -0.05) is 30.1 Å². The Balaban J connectivity index is 1.73. The van der Waals surface area contributed by atoms with Crippen molar-refractivity contribution in [3.05, 3.63) is 34.6 Å². The van der Waals surface area contributed by atoms with Crippen molar-refractivity contribution in [3.8, 4) is 0 Å². The van der Waals surface area contributed by atoms with Crippen LogP contribution in [-0.2, 0) is 21.9 Å². The summed E-state index contributed by atoms with van der Waals surface area (Å²) in [5.41, 5.74) is 5.83. The fourth-order valence-electron chi connectivity index (χ4n) is 3.70. The van der Waals surface area contributed by atoms with Gasteiger partial charge in [-0.2, -0.15) is 4.72 Å². The summed E-state index contributed by atoms with van der Waals surface area (Å²) in [4.78, 5) is 19.1. The molecule has 9 nitrogen and oxygen atoms in total. The minimum Gasteiger partial charge on any atom is -0.396 e. The normalized spacial score (nSPS) is 16.1. The average molecular weight is 517 g/mol. The number of nitrogens with one attached hydrogen (secondary N) is 2. The number of imidazole rings is 1. The van der Waals surface area contributed by atoms with Gasteiger partial charge in [-0.3, -0.25) is 4.79 Å². The zero-order valence-electron chi connectivity index (χ0n) is 18.7. The Kier molecular flexibility index (Phi) is 8.49. The minimum absolute atomic E-state index is 0.0371. The summed E-state index contributed by atoms with van der Waals surface area (Å²) in [6.45, 7) is 3.92. The zero-order chi connectivity index (χ0) is 24.2. The largest absolute Gasteiger partial charge is 0.396 e. The van der Waals surface area contributed by atoms with E-state index < -0.39 is 16.1 Å². The molecule has 2 aromatic rings. The number of benzene rings is 1. The molecule has 1 aromatic carbocycles. The quantitative estimate of drug-likeness (QED) is 0.347. The van der Waals surface area contributed by atoms with E-state index in [1.54, 1.807) is 11.1 Å². The second-order valence-corrected chi connectivity index (χ2v) is 10.9. The van der Waals surface area contributed by atoms with Crippen molar-refractivity contribution in [2.24, 2.45) is 13.0 Å². The molecule has 3 rings (SSSR count). The lowest BCUT2D eigenvalue weighted by atomic mass is 9.98. The molecule has 0 saturated carbocycles. The highest BCUT2D eigenvalue weighted by Gasteiger charge is 2.31. The van der Waals surface area contributed by atoms with E-state index >= 15 is 0 Å². The van der Waals surface area contributed by atoms with E-state index in [2.05, 4.69) is 21.9 Å². The molecule has 0 bridgehead atoms. The summed E-state index contributed by atoms with van der Waals surface area (Å²) in [6.07, 6.45) is 6.17. The number of nitrogens with zero attached hydrogens (tertiary/aromatic N) is 3. The number of hydrogen-bond donors (Lipinski definition) is 3. The third-order valence-corrected chi connectivity index (χ3v) is 7.90. The van der Waals surface area contributed by atoms with Crippen LogP contribution in [0.2, 0.25) is 10.0 Å². The molecule has 2 heterocycles. The number of likely N-dealkylation sites (tertiary alicyclic amines) is 1. The van der Waals surface area contributed by atoms with Crippen LogP contribution in [0.1, 0.15) is 32.6 Å². The fraction of sp³-hybridized carbons (Fsp3) is 0.524. The number of hydrogen-bond acceptors (Lipinski definition) is 6. The second kappa shape index (κ2) is 10.9. The molecule has 0 radical (unpaired) electrons. The molecule has 0 spiro atoms. The molecule has 1 atom stereocenters. The Morgan fingerprint density at radius 1 is 1.27 bits per heavy atom. The predicted octanol–water partition coefficient (Wildman–Crippen LogP) is 3.11. The smallest absolute Gasteiger partial charge is 0.241 e. The first-order valence-electron chi connectivity index (χ1n) is 10.9. The molecule has 0 unspecified atom stereocenters. The molecule has 12 heteroatoms. The van der Waals surface area contributed by atoms with Gasteiger partial charge in [0.15, 0.2) is 0 Å². The Morgan fingerprint density at radius 2 is 1.91 bits per heavy atom. The van der Waals surface area contributed by atoms with Crippen molar-refractivity contribution >= 4 is 50.8 Å². The average Bonchev–Trinajstić information content (AvgIpc) is 3.18. The van der Waals surface area contributed by atoms with Crippen molar-refractivity contribution in [2.75, 3.05) is 30.7 Å². The minimum atomic E-state index is -4.06. The van der Waals surface area contributed by atoms with Gasteiger partial charge in [-0.05, 0) is 43.7 Å². The number of piperidine rings is 1. The summed E-state index contributed by atoms with van der Waals surface area (Å²) >= 11 is 12.1. The van der Waals surface area contributed by atoms with Gasteiger partial charge in [0.25, 0.3) is 0 Å². The molecule has 1 fully saturated rings. The van der Waals surface area contributed by atoms with Gasteiger partial charge < -0.3 is 20.5 Å². The molecule has 1 saturated heterocycles. The van der Waals surface area contributed by atoms with Crippen LogP contribution in [0.3, 0.4) is 0 Å². The summed E-state index contributed by atoms with van der Waals surface area (Å²) in [6, 6.07) is 1.55. The molecule has 33 heavy (non-hydrogen) atoms. The summed E-state index contributed by atoms with van der Waals surface area (Å²) in [5.74, 6) is 1.02. The van der Waals surface area contributed by atoms with E-state index in [4.69, 9.17) is 28.9 Å². The number of rotatable bonds is 9. The van der Waals surface area contributed by atoms with Gasteiger partial charge in [0.1, 0.15) is 6.04 Å². The zero-order valence-corrected chi connectivity index (χ0v) is 21.1. The highest BCUT2D eigenvalue weighted by atomic mass is 35.5. The van der Waals surface area contributed by atoms with Gasteiger partial charge in [-0.25, -0.2) is 13.4 Å². The van der Waals surface area contributed by atoms with Crippen molar-refractivity contribution in [1.29, 1.82) is 0 Å². The summed E-state index contributed by atoms with van der Waals surface area (Å²) in [7, 11) is -2.19. The van der Waals surface area contributed by atoms with Crippen LogP contribution in [-0.4, -0.2) is 54.5 Å². The molecule has 4 N–H and O–H groups in total. The number of aromatic nitrogens is 2. The van der Waals surface area contributed by atoms with Crippen LogP contribution < -0.4 is 15.8 Å². The lowest BCUT2D eigenvalue weighted by Gasteiger charge is -2.33. The Hall–Kier alpha value is -2.01. The number of carbonyl (C=O) groups excluding carboxylic acids is 1. The number of sulfonamides is 1. The highest BCUT2D eigenvalue weighted by molar-refractivity contribution is 7.89. The molecule has 0 aliphatic carbocycles. The van der Waals surface area contributed by atoms with E-state index in [0.29, 0.717) is 44.3 Å². The third kappa shape index (κ3) is 6.53.